The minimum Gasteiger partial charge on any atom is -0.355 e. The molecule has 2 amide bonds. The van der Waals surface area contributed by atoms with Crippen molar-refractivity contribution >= 4 is 29.1 Å². The average Bonchev–Trinajstić information content (AvgIpc) is 2.47. The van der Waals surface area contributed by atoms with E-state index >= 15 is 0 Å². The molecule has 2 aromatic rings. The monoisotopic (exact) mass is 289 g/mol. The van der Waals surface area contributed by atoms with E-state index in [-0.39, 0.29) is 16.8 Å². The summed E-state index contributed by atoms with van der Waals surface area (Å²) in [6, 6.07) is 8.16. The number of hydrogen-bond donors (Lipinski definition) is 2. The molecule has 1 heterocycles. The minimum absolute atomic E-state index is 0.219. The third kappa shape index (κ3) is 3.13. The average molecular weight is 290 g/mol. The van der Waals surface area contributed by atoms with Crippen molar-refractivity contribution in [2.24, 2.45) is 0 Å². The summed E-state index contributed by atoms with van der Waals surface area (Å²) in [5.41, 5.74) is 1.31. The number of carbonyl (C=O) groups excluding carboxylic acids is 2. The number of aromatic nitrogens is 1. The van der Waals surface area contributed by atoms with Crippen LogP contribution in [0.4, 0.5) is 5.69 Å². The highest BCUT2D eigenvalue weighted by Crippen LogP contribution is 2.17. The van der Waals surface area contributed by atoms with Gasteiger partial charge in [0.1, 0.15) is 0 Å². The lowest BCUT2D eigenvalue weighted by Crippen LogP contribution is -2.18. The van der Waals surface area contributed by atoms with Gasteiger partial charge in [-0.25, -0.2) is 0 Å². The van der Waals surface area contributed by atoms with Gasteiger partial charge in [0.25, 0.3) is 11.8 Å². The molecule has 2 rings (SSSR count). The summed E-state index contributed by atoms with van der Waals surface area (Å²) < 4.78 is 0. The first-order valence-corrected chi connectivity index (χ1v) is 6.22. The van der Waals surface area contributed by atoms with Crippen LogP contribution in [-0.4, -0.2) is 23.8 Å². The number of hydrogen-bond acceptors (Lipinski definition) is 3. The van der Waals surface area contributed by atoms with Crippen molar-refractivity contribution in [3.05, 3.63) is 58.9 Å². The molecule has 0 radical (unpaired) electrons. The molecule has 0 aliphatic carbocycles. The fourth-order valence-electron chi connectivity index (χ4n) is 1.64. The van der Waals surface area contributed by atoms with Crippen molar-refractivity contribution in [3.8, 4) is 0 Å². The molecule has 102 valence electrons. The Morgan fingerprint density at radius 2 is 2.00 bits per heavy atom. The summed E-state index contributed by atoms with van der Waals surface area (Å²) >= 11 is 5.90. The third-order valence-corrected chi connectivity index (χ3v) is 2.93. The number of pyridine rings is 1. The number of anilines is 1. The van der Waals surface area contributed by atoms with Crippen LogP contribution in [0.3, 0.4) is 0 Å². The van der Waals surface area contributed by atoms with Gasteiger partial charge in [-0.3, -0.25) is 14.6 Å². The van der Waals surface area contributed by atoms with Crippen molar-refractivity contribution in [2.45, 2.75) is 0 Å². The second kappa shape index (κ2) is 6.16. The van der Waals surface area contributed by atoms with Crippen LogP contribution in [0.1, 0.15) is 20.7 Å². The fraction of sp³-hybridized carbons (Fsp3) is 0.0714. The molecular weight excluding hydrogens is 278 g/mol. The highest BCUT2D eigenvalue weighted by Gasteiger charge is 2.11. The highest BCUT2D eigenvalue weighted by molar-refractivity contribution is 6.34. The lowest BCUT2D eigenvalue weighted by molar-refractivity contribution is 0.0961. The smallest absolute Gasteiger partial charge is 0.257 e. The lowest BCUT2D eigenvalue weighted by atomic mass is 10.1. The molecule has 0 fully saturated rings. The first-order chi connectivity index (χ1) is 9.61. The van der Waals surface area contributed by atoms with Crippen LogP contribution in [0.2, 0.25) is 5.02 Å². The predicted molar refractivity (Wildman–Crippen MR) is 77.0 cm³/mol. The van der Waals surface area contributed by atoms with Gasteiger partial charge in [-0.15, -0.1) is 0 Å². The molecule has 1 aromatic carbocycles. The van der Waals surface area contributed by atoms with E-state index in [9.17, 15) is 9.59 Å². The van der Waals surface area contributed by atoms with Crippen LogP contribution in [0, 0.1) is 0 Å². The molecule has 0 aliphatic rings. The maximum Gasteiger partial charge on any atom is 0.257 e. The zero-order valence-electron chi connectivity index (χ0n) is 10.7. The Bertz CT molecular complexity index is 658. The van der Waals surface area contributed by atoms with Crippen LogP contribution < -0.4 is 10.6 Å². The SMILES string of the molecule is CNC(=O)c1cccc(NC(=O)c2ccncc2Cl)c1. The normalized spacial score (nSPS) is 9.90. The topological polar surface area (TPSA) is 71.1 Å². The van der Waals surface area contributed by atoms with E-state index in [1.165, 1.54) is 18.5 Å². The second-order valence-electron chi connectivity index (χ2n) is 3.97. The first-order valence-electron chi connectivity index (χ1n) is 5.85. The summed E-state index contributed by atoms with van der Waals surface area (Å²) in [5, 5.41) is 5.48. The summed E-state index contributed by atoms with van der Waals surface area (Å²) in [6.07, 6.45) is 2.89. The van der Waals surface area contributed by atoms with Crippen LogP contribution in [0.25, 0.3) is 0 Å². The molecule has 1 aromatic heterocycles. The zero-order valence-corrected chi connectivity index (χ0v) is 11.4. The minimum atomic E-state index is -0.355. The van der Waals surface area contributed by atoms with E-state index in [1.807, 2.05) is 0 Å². The standard InChI is InChI=1S/C14H12ClN3O2/c1-16-13(19)9-3-2-4-10(7-9)18-14(20)11-5-6-17-8-12(11)15/h2-8H,1H3,(H,16,19)(H,18,20). The summed E-state index contributed by atoms with van der Waals surface area (Å²) in [6.45, 7) is 0. The molecule has 5 nitrogen and oxygen atoms in total. The molecule has 0 aliphatic heterocycles. The Labute approximate surface area is 121 Å². The van der Waals surface area contributed by atoms with Gasteiger partial charge in [-0.05, 0) is 24.3 Å². The van der Waals surface area contributed by atoms with E-state index in [1.54, 1.807) is 31.3 Å². The summed E-state index contributed by atoms with van der Waals surface area (Å²) in [4.78, 5) is 27.4. The van der Waals surface area contributed by atoms with Gasteiger partial charge in [0.05, 0.1) is 10.6 Å². The highest BCUT2D eigenvalue weighted by atomic mass is 35.5. The van der Waals surface area contributed by atoms with Crippen LogP contribution in [0.5, 0.6) is 0 Å². The molecule has 0 unspecified atom stereocenters. The molecular formula is C14H12ClN3O2. The maximum absolute atomic E-state index is 12.1. The number of benzene rings is 1. The Balaban J connectivity index is 2.20. The fourth-order valence-corrected chi connectivity index (χ4v) is 1.85. The number of rotatable bonds is 3. The second-order valence-corrected chi connectivity index (χ2v) is 4.38. The van der Waals surface area contributed by atoms with Gasteiger partial charge in [-0.2, -0.15) is 0 Å². The molecule has 0 spiro atoms. The largest absolute Gasteiger partial charge is 0.355 e. The zero-order chi connectivity index (χ0) is 14.5. The van der Waals surface area contributed by atoms with Crippen molar-refractivity contribution < 1.29 is 9.59 Å². The molecule has 0 atom stereocenters. The lowest BCUT2D eigenvalue weighted by Gasteiger charge is -2.07. The van der Waals surface area contributed by atoms with E-state index in [2.05, 4.69) is 15.6 Å². The predicted octanol–water partition coefficient (Wildman–Crippen LogP) is 2.35. The Morgan fingerprint density at radius 3 is 2.70 bits per heavy atom. The maximum atomic E-state index is 12.1. The number of halogens is 1. The van der Waals surface area contributed by atoms with E-state index in [0.717, 1.165) is 0 Å². The summed E-state index contributed by atoms with van der Waals surface area (Å²) in [5.74, 6) is -0.575. The number of carbonyl (C=O) groups is 2. The van der Waals surface area contributed by atoms with Gasteiger partial charge in [0, 0.05) is 30.7 Å². The van der Waals surface area contributed by atoms with Gasteiger partial charge < -0.3 is 10.6 Å². The molecule has 0 saturated carbocycles. The molecule has 0 bridgehead atoms. The molecule has 20 heavy (non-hydrogen) atoms. The number of amides is 2. The Hall–Kier alpha value is -2.40. The number of nitrogens with one attached hydrogen (secondary N) is 2. The summed E-state index contributed by atoms with van der Waals surface area (Å²) in [7, 11) is 1.55. The van der Waals surface area contributed by atoms with Gasteiger partial charge in [0.2, 0.25) is 0 Å². The Kier molecular flexibility index (Phi) is 4.32. The molecule has 2 N–H and O–H groups in total. The van der Waals surface area contributed by atoms with Gasteiger partial charge >= 0.3 is 0 Å². The van der Waals surface area contributed by atoms with Crippen LogP contribution in [0.15, 0.2) is 42.7 Å². The van der Waals surface area contributed by atoms with Crippen molar-refractivity contribution in [2.75, 3.05) is 12.4 Å². The van der Waals surface area contributed by atoms with Crippen molar-refractivity contribution in [1.29, 1.82) is 0 Å². The van der Waals surface area contributed by atoms with E-state index in [0.29, 0.717) is 16.8 Å². The van der Waals surface area contributed by atoms with Gasteiger partial charge in [-0.1, -0.05) is 17.7 Å². The molecule has 0 saturated heterocycles. The van der Waals surface area contributed by atoms with Crippen LogP contribution >= 0.6 is 11.6 Å². The third-order valence-electron chi connectivity index (χ3n) is 2.63. The van der Waals surface area contributed by atoms with E-state index in [4.69, 9.17) is 11.6 Å². The van der Waals surface area contributed by atoms with Crippen LogP contribution in [-0.2, 0) is 0 Å². The van der Waals surface area contributed by atoms with Crippen molar-refractivity contribution in [1.82, 2.24) is 10.3 Å². The van der Waals surface area contributed by atoms with E-state index < -0.39 is 0 Å². The molecule has 6 heteroatoms. The quantitative estimate of drug-likeness (QED) is 0.911. The number of nitrogens with zero attached hydrogens (tertiary/aromatic N) is 1. The van der Waals surface area contributed by atoms with Gasteiger partial charge in [0.15, 0.2) is 0 Å². The first kappa shape index (κ1) is 14.0. The Morgan fingerprint density at radius 1 is 1.20 bits per heavy atom. The van der Waals surface area contributed by atoms with Crippen molar-refractivity contribution in [3.63, 3.8) is 0 Å².